The van der Waals surface area contributed by atoms with E-state index in [-0.39, 0.29) is 11.6 Å². The first kappa shape index (κ1) is 15.2. The molecule has 2 aromatic carbocycles. The zero-order chi connectivity index (χ0) is 15.6. The Morgan fingerprint density at radius 2 is 1.90 bits per heavy atom. The Labute approximate surface area is 124 Å². The van der Waals surface area contributed by atoms with E-state index in [0.717, 1.165) is 5.56 Å². The van der Waals surface area contributed by atoms with Gasteiger partial charge in [-0.25, -0.2) is 4.39 Å². The molecule has 21 heavy (non-hydrogen) atoms. The van der Waals surface area contributed by atoms with Crippen molar-refractivity contribution < 1.29 is 18.4 Å². The van der Waals surface area contributed by atoms with Gasteiger partial charge in [0.1, 0.15) is 5.75 Å². The predicted octanol–water partition coefficient (Wildman–Crippen LogP) is 4.71. The third kappa shape index (κ3) is 3.28. The maximum Gasteiger partial charge on any atom is 0.307 e. The summed E-state index contributed by atoms with van der Waals surface area (Å²) in [5.74, 6) is -2.23. The highest BCUT2D eigenvalue weighted by Gasteiger charge is 2.20. The second-order valence-corrected chi connectivity index (χ2v) is 4.61. The zero-order valence-corrected chi connectivity index (χ0v) is 11.7. The lowest BCUT2D eigenvalue weighted by atomic mass is 10.1. The zero-order valence-electron chi connectivity index (χ0n) is 10.9. The fourth-order valence-corrected chi connectivity index (χ4v) is 1.98. The van der Waals surface area contributed by atoms with Crippen LogP contribution in [0.3, 0.4) is 0 Å². The lowest BCUT2D eigenvalue weighted by Crippen LogP contribution is -1.98. The maximum absolute atomic E-state index is 13.8. The van der Waals surface area contributed by atoms with E-state index in [1.807, 2.05) is 6.92 Å². The molecule has 0 spiro atoms. The van der Waals surface area contributed by atoms with Crippen LogP contribution in [-0.4, -0.2) is 4.92 Å². The molecule has 0 aliphatic heterocycles. The summed E-state index contributed by atoms with van der Waals surface area (Å²) in [7, 11) is 0. The van der Waals surface area contributed by atoms with Gasteiger partial charge in [0.25, 0.3) is 0 Å². The Bertz CT molecular complexity index is 707. The van der Waals surface area contributed by atoms with Gasteiger partial charge in [-0.1, -0.05) is 17.7 Å². The third-order valence-electron chi connectivity index (χ3n) is 2.78. The van der Waals surface area contributed by atoms with Gasteiger partial charge in [0.05, 0.1) is 16.9 Å². The van der Waals surface area contributed by atoms with Gasteiger partial charge in [-0.15, -0.1) is 11.6 Å². The van der Waals surface area contributed by atoms with E-state index in [0.29, 0.717) is 17.7 Å². The molecule has 0 saturated carbocycles. The number of nitrogens with zero attached hydrogens (tertiary/aromatic N) is 1. The van der Waals surface area contributed by atoms with Crippen molar-refractivity contribution in [1.82, 2.24) is 0 Å². The predicted molar refractivity (Wildman–Crippen MR) is 73.8 cm³/mol. The molecule has 0 aliphatic rings. The van der Waals surface area contributed by atoms with Crippen LogP contribution in [0.5, 0.6) is 11.5 Å². The highest BCUT2D eigenvalue weighted by atomic mass is 35.5. The minimum absolute atomic E-state index is 0.133. The molecular formula is C14H10ClF2NO3. The fourth-order valence-electron chi connectivity index (χ4n) is 1.77. The van der Waals surface area contributed by atoms with Crippen LogP contribution in [0.1, 0.15) is 11.1 Å². The van der Waals surface area contributed by atoms with Crippen LogP contribution >= 0.6 is 11.6 Å². The molecule has 0 aromatic heterocycles. The Morgan fingerprint density at radius 1 is 1.19 bits per heavy atom. The minimum Gasteiger partial charge on any atom is -0.454 e. The first-order valence-electron chi connectivity index (χ1n) is 5.89. The van der Waals surface area contributed by atoms with Crippen molar-refractivity contribution in [3.8, 4) is 11.5 Å². The Hall–Kier alpha value is -2.21. The standard InChI is InChI=1S/C14H10ClF2NO3/c1-8-2-3-13(9(4-8)7-15)21-14-6-10(16)12(18(19)20)5-11(14)17/h2-6H,7H2,1H3. The van der Waals surface area contributed by atoms with Crippen LogP contribution < -0.4 is 4.74 Å². The van der Waals surface area contributed by atoms with Crippen molar-refractivity contribution in [3.63, 3.8) is 0 Å². The summed E-state index contributed by atoms with van der Waals surface area (Å²) in [4.78, 5) is 9.52. The van der Waals surface area contributed by atoms with Gasteiger partial charge in [-0.3, -0.25) is 10.1 Å². The number of benzene rings is 2. The Balaban J connectivity index is 2.41. The van der Waals surface area contributed by atoms with E-state index in [1.165, 1.54) is 0 Å². The molecule has 0 N–H and O–H groups in total. The van der Waals surface area contributed by atoms with Gasteiger partial charge in [0, 0.05) is 11.6 Å². The van der Waals surface area contributed by atoms with Crippen LogP contribution in [0.25, 0.3) is 0 Å². The molecule has 0 unspecified atom stereocenters. The number of rotatable bonds is 4. The molecule has 0 saturated heterocycles. The van der Waals surface area contributed by atoms with E-state index in [2.05, 4.69) is 0 Å². The van der Waals surface area contributed by atoms with Gasteiger partial charge in [0.2, 0.25) is 5.82 Å². The highest BCUT2D eigenvalue weighted by molar-refractivity contribution is 6.17. The van der Waals surface area contributed by atoms with Gasteiger partial charge >= 0.3 is 5.69 Å². The third-order valence-corrected chi connectivity index (χ3v) is 3.07. The van der Waals surface area contributed by atoms with Crippen LogP contribution in [0.15, 0.2) is 30.3 Å². The molecule has 0 atom stereocenters. The summed E-state index contributed by atoms with van der Waals surface area (Å²) in [5.41, 5.74) is 0.601. The average Bonchev–Trinajstić information content (AvgIpc) is 2.43. The van der Waals surface area contributed by atoms with Gasteiger partial charge in [-0.2, -0.15) is 4.39 Å². The Kier molecular flexibility index (Phi) is 4.37. The summed E-state index contributed by atoms with van der Waals surface area (Å²) in [6, 6.07) is 6.18. The summed E-state index contributed by atoms with van der Waals surface area (Å²) in [6.07, 6.45) is 0. The lowest BCUT2D eigenvalue weighted by Gasteiger charge is -2.11. The number of hydrogen-bond donors (Lipinski definition) is 0. The number of alkyl halides is 1. The lowest BCUT2D eigenvalue weighted by molar-refractivity contribution is -0.387. The van der Waals surface area contributed by atoms with Crippen LogP contribution in [0.2, 0.25) is 0 Å². The van der Waals surface area contributed by atoms with Crippen LogP contribution in [-0.2, 0) is 5.88 Å². The van der Waals surface area contributed by atoms with Gasteiger partial charge in [-0.05, 0) is 13.0 Å². The second kappa shape index (κ2) is 6.05. The number of aryl methyl sites for hydroxylation is 1. The first-order valence-corrected chi connectivity index (χ1v) is 6.42. The maximum atomic E-state index is 13.8. The van der Waals surface area contributed by atoms with E-state index in [4.69, 9.17) is 16.3 Å². The van der Waals surface area contributed by atoms with Crippen molar-refractivity contribution in [2.75, 3.05) is 0 Å². The largest absolute Gasteiger partial charge is 0.454 e. The van der Waals surface area contributed by atoms with Crippen molar-refractivity contribution in [1.29, 1.82) is 0 Å². The first-order chi connectivity index (χ1) is 9.92. The molecular weight excluding hydrogens is 304 g/mol. The smallest absolute Gasteiger partial charge is 0.307 e. The molecule has 110 valence electrons. The van der Waals surface area contributed by atoms with Crippen LogP contribution in [0, 0.1) is 28.7 Å². The number of nitro groups is 1. The summed E-state index contributed by atoms with van der Waals surface area (Å²) < 4.78 is 32.6. The molecule has 2 rings (SSSR count). The molecule has 7 heteroatoms. The molecule has 0 amide bonds. The molecule has 0 heterocycles. The number of halogens is 3. The summed E-state index contributed by atoms with van der Waals surface area (Å²) in [5, 5.41) is 10.5. The van der Waals surface area contributed by atoms with Crippen molar-refractivity contribution >= 4 is 17.3 Å². The van der Waals surface area contributed by atoms with E-state index >= 15 is 0 Å². The van der Waals surface area contributed by atoms with E-state index in [1.54, 1.807) is 18.2 Å². The Morgan fingerprint density at radius 3 is 2.52 bits per heavy atom. The molecule has 4 nitrogen and oxygen atoms in total. The average molecular weight is 314 g/mol. The van der Waals surface area contributed by atoms with Crippen molar-refractivity contribution in [2.24, 2.45) is 0 Å². The molecule has 0 radical (unpaired) electrons. The highest BCUT2D eigenvalue weighted by Crippen LogP contribution is 2.32. The molecule has 0 aliphatic carbocycles. The SMILES string of the molecule is Cc1ccc(Oc2cc(F)c([N+](=O)[O-])cc2F)c(CCl)c1. The summed E-state index contributed by atoms with van der Waals surface area (Å²) >= 11 is 5.77. The van der Waals surface area contributed by atoms with E-state index < -0.39 is 28.0 Å². The second-order valence-electron chi connectivity index (χ2n) is 4.34. The van der Waals surface area contributed by atoms with Gasteiger partial charge in [0.15, 0.2) is 11.6 Å². The van der Waals surface area contributed by atoms with Crippen LogP contribution in [0.4, 0.5) is 14.5 Å². The van der Waals surface area contributed by atoms with Crippen molar-refractivity contribution in [3.05, 3.63) is 63.2 Å². The number of hydrogen-bond acceptors (Lipinski definition) is 3. The molecule has 0 bridgehead atoms. The fraction of sp³-hybridized carbons (Fsp3) is 0.143. The van der Waals surface area contributed by atoms with Crippen molar-refractivity contribution in [2.45, 2.75) is 12.8 Å². The summed E-state index contributed by atoms with van der Waals surface area (Å²) in [6.45, 7) is 1.85. The number of ether oxygens (including phenoxy) is 1. The monoisotopic (exact) mass is 313 g/mol. The molecule has 2 aromatic rings. The topological polar surface area (TPSA) is 52.4 Å². The normalized spacial score (nSPS) is 10.5. The molecule has 0 fully saturated rings. The van der Waals surface area contributed by atoms with E-state index in [9.17, 15) is 18.9 Å². The van der Waals surface area contributed by atoms with Gasteiger partial charge < -0.3 is 4.74 Å². The quantitative estimate of drug-likeness (QED) is 0.466. The minimum atomic E-state index is -1.17. The number of nitro benzene ring substituents is 1.